The molecule has 1 aliphatic carbocycles. The molecule has 0 radical (unpaired) electrons. The maximum Gasteiger partial charge on any atom is 0.329 e. The van der Waals surface area contributed by atoms with Crippen molar-refractivity contribution in [1.82, 2.24) is 15.5 Å². The summed E-state index contributed by atoms with van der Waals surface area (Å²) in [7, 11) is 0. The molecule has 0 atom stereocenters. The zero-order valence-electron chi connectivity index (χ0n) is 12.8. The minimum absolute atomic E-state index is 0.122. The van der Waals surface area contributed by atoms with Crippen LogP contribution < -0.4 is 10.6 Å². The van der Waals surface area contributed by atoms with E-state index in [4.69, 9.17) is 0 Å². The molecule has 0 aromatic carbocycles. The summed E-state index contributed by atoms with van der Waals surface area (Å²) in [6.07, 6.45) is 3.41. The van der Waals surface area contributed by atoms with E-state index in [0.717, 1.165) is 19.3 Å². The largest absolute Gasteiger partial charge is 0.480 e. The molecule has 0 aromatic heterocycles. The molecule has 1 saturated carbocycles. The molecule has 3 amide bonds. The van der Waals surface area contributed by atoms with Crippen molar-refractivity contribution in [3.05, 3.63) is 0 Å². The SMILES string of the molecule is CCN(CC)C(=O)CNC(=O)NC1(C(=O)O)CCCCC1. The van der Waals surface area contributed by atoms with Gasteiger partial charge in [0.25, 0.3) is 0 Å². The van der Waals surface area contributed by atoms with Gasteiger partial charge in [0.1, 0.15) is 5.54 Å². The number of carboxylic acid groups (broad SMARTS) is 1. The van der Waals surface area contributed by atoms with E-state index < -0.39 is 17.5 Å². The maximum atomic E-state index is 11.9. The number of carbonyl (C=O) groups is 3. The van der Waals surface area contributed by atoms with E-state index >= 15 is 0 Å². The second kappa shape index (κ2) is 7.85. The summed E-state index contributed by atoms with van der Waals surface area (Å²) in [6, 6.07) is -0.597. The highest BCUT2D eigenvalue weighted by Gasteiger charge is 2.41. The molecule has 1 rings (SSSR count). The van der Waals surface area contributed by atoms with Crippen LogP contribution in [0.5, 0.6) is 0 Å². The van der Waals surface area contributed by atoms with Crippen molar-refractivity contribution < 1.29 is 19.5 Å². The molecule has 7 heteroatoms. The van der Waals surface area contributed by atoms with Crippen molar-refractivity contribution in [2.24, 2.45) is 0 Å². The first kappa shape index (κ1) is 17.3. The summed E-state index contributed by atoms with van der Waals surface area (Å²) in [4.78, 5) is 36.7. The average molecular weight is 299 g/mol. The maximum absolute atomic E-state index is 11.9. The minimum atomic E-state index is -1.19. The summed E-state index contributed by atoms with van der Waals surface area (Å²) in [6.45, 7) is 4.77. The van der Waals surface area contributed by atoms with Crippen LogP contribution in [0.4, 0.5) is 4.79 Å². The third kappa shape index (κ3) is 4.61. The van der Waals surface area contributed by atoms with Crippen LogP contribution in [0.3, 0.4) is 0 Å². The minimum Gasteiger partial charge on any atom is -0.480 e. The number of amides is 3. The Morgan fingerprint density at radius 2 is 1.67 bits per heavy atom. The second-order valence-corrected chi connectivity index (χ2v) is 5.32. The molecular weight excluding hydrogens is 274 g/mol. The molecular formula is C14H25N3O4. The van der Waals surface area contributed by atoms with Crippen LogP contribution in [0, 0.1) is 0 Å². The monoisotopic (exact) mass is 299 g/mol. The van der Waals surface area contributed by atoms with Crippen LogP contribution >= 0.6 is 0 Å². The zero-order valence-corrected chi connectivity index (χ0v) is 12.8. The van der Waals surface area contributed by atoms with Crippen LogP contribution in [0.1, 0.15) is 46.0 Å². The second-order valence-electron chi connectivity index (χ2n) is 5.32. The number of likely N-dealkylation sites (N-methyl/N-ethyl adjacent to an activating group) is 1. The van der Waals surface area contributed by atoms with E-state index in [-0.39, 0.29) is 12.5 Å². The number of hydrogen-bond donors (Lipinski definition) is 3. The van der Waals surface area contributed by atoms with Crippen LogP contribution in [0.2, 0.25) is 0 Å². The van der Waals surface area contributed by atoms with Crippen LogP contribution in [0.25, 0.3) is 0 Å². The molecule has 0 saturated heterocycles. The molecule has 120 valence electrons. The van der Waals surface area contributed by atoms with Crippen molar-refractivity contribution >= 4 is 17.9 Å². The molecule has 0 bridgehead atoms. The number of carbonyl (C=O) groups excluding carboxylic acids is 2. The lowest BCUT2D eigenvalue weighted by molar-refractivity contribution is -0.145. The molecule has 7 nitrogen and oxygen atoms in total. The van der Waals surface area contributed by atoms with Gasteiger partial charge < -0.3 is 20.6 Å². The first-order chi connectivity index (χ1) is 9.95. The summed E-state index contributed by atoms with van der Waals surface area (Å²) in [5.74, 6) is -1.18. The smallest absolute Gasteiger partial charge is 0.329 e. The van der Waals surface area contributed by atoms with Gasteiger partial charge in [0, 0.05) is 13.1 Å². The third-order valence-corrected chi connectivity index (χ3v) is 3.99. The lowest BCUT2D eigenvalue weighted by Gasteiger charge is -2.33. The summed E-state index contributed by atoms with van der Waals surface area (Å²) in [5, 5.41) is 14.4. The summed E-state index contributed by atoms with van der Waals surface area (Å²) < 4.78 is 0. The van der Waals surface area contributed by atoms with Gasteiger partial charge in [-0.25, -0.2) is 9.59 Å². The van der Waals surface area contributed by atoms with Gasteiger partial charge in [0.2, 0.25) is 5.91 Å². The zero-order chi connectivity index (χ0) is 15.9. The number of aliphatic carboxylic acids is 1. The Hall–Kier alpha value is -1.79. The number of hydrogen-bond acceptors (Lipinski definition) is 3. The van der Waals surface area contributed by atoms with Crippen molar-refractivity contribution in [2.45, 2.75) is 51.5 Å². The molecule has 3 N–H and O–H groups in total. The lowest BCUT2D eigenvalue weighted by atomic mass is 9.82. The Morgan fingerprint density at radius 3 is 2.14 bits per heavy atom. The quantitative estimate of drug-likeness (QED) is 0.679. The lowest BCUT2D eigenvalue weighted by Crippen LogP contribution is -2.58. The Balaban J connectivity index is 2.51. The van der Waals surface area contributed by atoms with Gasteiger partial charge in [-0.3, -0.25) is 4.79 Å². The van der Waals surface area contributed by atoms with E-state index in [0.29, 0.717) is 25.9 Å². The van der Waals surface area contributed by atoms with E-state index in [2.05, 4.69) is 10.6 Å². The van der Waals surface area contributed by atoms with Crippen molar-refractivity contribution in [2.75, 3.05) is 19.6 Å². The Kier molecular flexibility index (Phi) is 6.45. The fraction of sp³-hybridized carbons (Fsp3) is 0.786. The predicted molar refractivity (Wildman–Crippen MR) is 77.9 cm³/mol. The van der Waals surface area contributed by atoms with Crippen LogP contribution in [-0.2, 0) is 9.59 Å². The highest BCUT2D eigenvalue weighted by atomic mass is 16.4. The molecule has 0 heterocycles. The summed E-state index contributed by atoms with van der Waals surface area (Å²) >= 11 is 0. The third-order valence-electron chi connectivity index (χ3n) is 3.99. The van der Waals surface area contributed by atoms with Gasteiger partial charge in [-0.15, -0.1) is 0 Å². The number of urea groups is 1. The summed E-state index contributed by atoms with van der Waals surface area (Å²) in [5.41, 5.74) is -1.19. The van der Waals surface area contributed by atoms with Crippen LogP contribution in [-0.4, -0.2) is 53.1 Å². The average Bonchev–Trinajstić information content (AvgIpc) is 2.47. The van der Waals surface area contributed by atoms with Crippen LogP contribution in [0.15, 0.2) is 0 Å². The van der Waals surface area contributed by atoms with Gasteiger partial charge in [-0.2, -0.15) is 0 Å². The van der Waals surface area contributed by atoms with Gasteiger partial charge in [-0.1, -0.05) is 19.3 Å². The van der Waals surface area contributed by atoms with Crippen molar-refractivity contribution in [3.63, 3.8) is 0 Å². The van der Waals surface area contributed by atoms with E-state index in [1.165, 1.54) is 0 Å². The van der Waals surface area contributed by atoms with E-state index in [9.17, 15) is 19.5 Å². The normalized spacial score (nSPS) is 16.9. The van der Waals surface area contributed by atoms with Gasteiger partial charge in [-0.05, 0) is 26.7 Å². The first-order valence-corrected chi connectivity index (χ1v) is 7.52. The highest BCUT2D eigenvalue weighted by molar-refractivity contribution is 5.88. The van der Waals surface area contributed by atoms with Gasteiger partial charge >= 0.3 is 12.0 Å². The van der Waals surface area contributed by atoms with Gasteiger partial charge in [0.05, 0.1) is 6.54 Å². The number of rotatable bonds is 6. The van der Waals surface area contributed by atoms with E-state index in [1.54, 1.807) is 4.90 Å². The highest BCUT2D eigenvalue weighted by Crippen LogP contribution is 2.28. The fourth-order valence-electron chi connectivity index (χ4n) is 2.65. The Bertz CT molecular complexity index is 388. The molecule has 0 spiro atoms. The van der Waals surface area contributed by atoms with Crippen molar-refractivity contribution in [3.8, 4) is 0 Å². The number of nitrogens with one attached hydrogen (secondary N) is 2. The number of nitrogens with zero attached hydrogens (tertiary/aromatic N) is 1. The molecule has 0 aliphatic heterocycles. The topological polar surface area (TPSA) is 98.7 Å². The Morgan fingerprint density at radius 1 is 1.10 bits per heavy atom. The number of carboxylic acids is 1. The molecule has 21 heavy (non-hydrogen) atoms. The van der Waals surface area contributed by atoms with E-state index in [1.807, 2.05) is 13.8 Å². The molecule has 1 fully saturated rings. The fourth-order valence-corrected chi connectivity index (χ4v) is 2.65. The predicted octanol–water partition coefficient (Wildman–Crippen LogP) is 0.941. The van der Waals surface area contributed by atoms with Crippen molar-refractivity contribution in [1.29, 1.82) is 0 Å². The molecule has 0 aromatic rings. The van der Waals surface area contributed by atoms with Gasteiger partial charge in [0.15, 0.2) is 0 Å². The first-order valence-electron chi connectivity index (χ1n) is 7.52. The molecule has 1 aliphatic rings. The molecule has 0 unspecified atom stereocenters. The standard InChI is InChI=1S/C14H25N3O4/c1-3-17(4-2)11(18)10-15-13(21)16-14(12(19)20)8-6-5-7-9-14/h3-10H2,1-2H3,(H,19,20)(H2,15,16,21). The Labute approximate surface area is 125 Å².